The molecule has 0 aromatic heterocycles. The summed E-state index contributed by atoms with van der Waals surface area (Å²) in [5.74, 6) is -0.143. The van der Waals surface area contributed by atoms with Gasteiger partial charge < -0.3 is 45.3 Å². The first-order chi connectivity index (χ1) is 23.0. The van der Waals surface area contributed by atoms with Crippen LogP contribution in [0.2, 0.25) is 0 Å². The average Bonchev–Trinajstić information content (AvgIpc) is 3.07. The molecule has 0 heterocycles. The number of carboxylic acid groups (broad SMARTS) is 1. The van der Waals surface area contributed by atoms with E-state index in [0.717, 1.165) is 24.8 Å². The predicted octanol–water partition coefficient (Wildman–Crippen LogP) is 5.38. The van der Waals surface area contributed by atoms with Gasteiger partial charge in [-0.25, -0.2) is 4.79 Å². The third-order valence-electron chi connectivity index (χ3n) is 7.19. The van der Waals surface area contributed by atoms with Gasteiger partial charge in [0.2, 0.25) is 0 Å². The van der Waals surface area contributed by atoms with Crippen molar-refractivity contribution in [3.8, 4) is 34.5 Å². The fourth-order valence-electron chi connectivity index (χ4n) is 4.88. The van der Waals surface area contributed by atoms with Gasteiger partial charge in [-0.1, -0.05) is 46.1 Å². The number of hydrogen-bond acceptors (Lipinski definition) is 9. The number of carbonyl (C=O) groups excluding carboxylic acids is 2. The highest BCUT2D eigenvalue weighted by molar-refractivity contribution is 5.98. The van der Waals surface area contributed by atoms with Crippen molar-refractivity contribution in [2.45, 2.75) is 65.7 Å². The molecule has 0 aliphatic rings. The maximum Gasteiger partial charge on any atom is 0.341 e. The Balaban J connectivity index is 0.000000444. The number of carbonyl (C=O) groups is 3. The van der Waals surface area contributed by atoms with Crippen LogP contribution in [0.25, 0.3) is 0 Å². The molecule has 2 amide bonds. The molecule has 6 N–H and O–H groups in total. The van der Waals surface area contributed by atoms with Gasteiger partial charge in [0.25, 0.3) is 11.8 Å². The lowest BCUT2D eigenvalue weighted by atomic mass is 10.0. The normalized spacial score (nSPS) is 10.4. The second kappa shape index (κ2) is 20.2. The van der Waals surface area contributed by atoms with E-state index in [-0.39, 0.29) is 40.2 Å². The van der Waals surface area contributed by atoms with E-state index in [1.807, 2.05) is 26.8 Å². The number of ether oxygens (including phenoxy) is 3. The summed E-state index contributed by atoms with van der Waals surface area (Å²) in [4.78, 5) is 34.1. The van der Waals surface area contributed by atoms with Crippen LogP contribution in [0.4, 0.5) is 0 Å². The highest BCUT2D eigenvalue weighted by atomic mass is 16.5. The number of hydrogen-bond donors (Lipinski definition) is 6. The van der Waals surface area contributed by atoms with E-state index in [1.54, 1.807) is 24.3 Å². The summed E-state index contributed by atoms with van der Waals surface area (Å²) in [6.07, 6.45) is 4.88. The summed E-state index contributed by atoms with van der Waals surface area (Å²) in [6.45, 7) is 6.32. The van der Waals surface area contributed by atoms with Gasteiger partial charge in [-0.2, -0.15) is 0 Å². The number of phenolic OH excluding ortho intramolecular Hbond substituents is 3. The molecule has 0 atom stereocenters. The van der Waals surface area contributed by atoms with Gasteiger partial charge in [0.15, 0.2) is 6.61 Å². The molecule has 0 fully saturated rings. The van der Waals surface area contributed by atoms with E-state index in [1.165, 1.54) is 26.2 Å². The third-order valence-corrected chi connectivity index (χ3v) is 7.19. The first-order valence-electron chi connectivity index (χ1n) is 16.1. The second-order valence-corrected chi connectivity index (χ2v) is 10.8. The molecular weight excluding hydrogens is 620 g/mol. The SMILES string of the molecule is CCCc1c(O)ccc(C(=O)NC)c1O.CCCc1c(OCCCOc2ccc(C(=O)NC)c(O)c2CCC)cccc1OCC(=O)O. The Labute approximate surface area is 281 Å². The Morgan fingerprint density at radius 3 is 1.60 bits per heavy atom. The molecule has 0 saturated carbocycles. The summed E-state index contributed by atoms with van der Waals surface area (Å²) >= 11 is 0. The monoisotopic (exact) mass is 668 g/mol. The fourth-order valence-corrected chi connectivity index (χ4v) is 4.88. The van der Waals surface area contributed by atoms with Crippen LogP contribution in [-0.2, 0) is 24.1 Å². The highest BCUT2D eigenvalue weighted by Crippen LogP contribution is 2.34. The van der Waals surface area contributed by atoms with Crippen molar-refractivity contribution in [2.24, 2.45) is 0 Å². The number of aliphatic carboxylic acids is 1. The molecule has 0 spiro atoms. The number of amides is 2. The summed E-state index contributed by atoms with van der Waals surface area (Å²) in [6, 6.07) is 11.5. The van der Waals surface area contributed by atoms with E-state index in [4.69, 9.17) is 19.3 Å². The molecule has 12 heteroatoms. The Kier molecular flexibility index (Phi) is 16.4. The van der Waals surface area contributed by atoms with Gasteiger partial charge in [-0.05, 0) is 55.7 Å². The fraction of sp³-hybridized carbons (Fsp3) is 0.417. The minimum absolute atomic E-state index is 0.0296. The smallest absolute Gasteiger partial charge is 0.341 e. The van der Waals surface area contributed by atoms with Gasteiger partial charge in [-0.3, -0.25) is 9.59 Å². The van der Waals surface area contributed by atoms with Crippen molar-refractivity contribution in [2.75, 3.05) is 33.9 Å². The lowest BCUT2D eigenvalue weighted by Crippen LogP contribution is -2.18. The Bertz CT molecular complexity index is 1520. The topological polar surface area (TPSA) is 184 Å². The van der Waals surface area contributed by atoms with Crippen LogP contribution < -0.4 is 24.8 Å². The van der Waals surface area contributed by atoms with Crippen LogP contribution in [0.15, 0.2) is 42.5 Å². The van der Waals surface area contributed by atoms with Crippen LogP contribution in [0.3, 0.4) is 0 Å². The predicted molar refractivity (Wildman–Crippen MR) is 182 cm³/mol. The lowest BCUT2D eigenvalue weighted by Gasteiger charge is -2.16. The standard InChI is InChI=1S/C25H33NO7.C11H15NO3/c1-4-8-17-20(10-6-11-21(17)33-16-23(27)28)31-14-7-15-32-22-13-12-19(25(30)26-3)24(29)18(22)9-5-2;1-3-4-7-9(13)6-5-8(10(7)14)11(15)12-2/h6,10-13,29H,4-5,7-9,14-16H2,1-3H3,(H,26,30)(H,27,28);5-6,13-14H,3-4H2,1-2H3,(H,12,15). The lowest BCUT2D eigenvalue weighted by molar-refractivity contribution is -0.139. The number of carboxylic acids is 1. The largest absolute Gasteiger partial charge is 0.508 e. The average molecular weight is 669 g/mol. The zero-order valence-corrected chi connectivity index (χ0v) is 28.4. The van der Waals surface area contributed by atoms with Gasteiger partial charge in [-0.15, -0.1) is 0 Å². The van der Waals surface area contributed by atoms with Gasteiger partial charge >= 0.3 is 5.97 Å². The molecule has 262 valence electrons. The quantitative estimate of drug-likeness (QED) is 0.102. The van der Waals surface area contributed by atoms with Gasteiger partial charge in [0.1, 0.15) is 34.5 Å². The molecule has 3 rings (SSSR count). The minimum Gasteiger partial charge on any atom is -0.508 e. The molecule has 0 unspecified atom stereocenters. The summed E-state index contributed by atoms with van der Waals surface area (Å²) in [7, 11) is 3.01. The van der Waals surface area contributed by atoms with E-state index in [9.17, 15) is 29.7 Å². The highest BCUT2D eigenvalue weighted by Gasteiger charge is 2.18. The molecule has 48 heavy (non-hydrogen) atoms. The Morgan fingerprint density at radius 1 is 0.625 bits per heavy atom. The van der Waals surface area contributed by atoms with Gasteiger partial charge in [0, 0.05) is 37.2 Å². The van der Waals surface area contributed by atoms with E-state index in [2.05, 4.69) is 10.6 Å². The number of nitrogens with one attached hydrogen (secondary N) is 2. The van der Waals surface area contributed by atoms with Crippen molar-refractivity contribution in [1.82, 2.24) is 10.6 Å². The van der Waals surface area contributed by atoms with Crippen molar-refractivity contribution in [1.29, 1.82) is 0 Å². The third kappa shape index (κ3) is 11.0. The van der Waals surface area contributed by atoms with Crippen LogP contribution in [-0.4, -0.2) is 72.1 Å². The zero-order chi connectivity index (χ0) is 35.6. The van der Waals surface area contributed by atoms with Gasteiger partial charge in [0.05, 0.1) is 24.3 Å². The molecule has 12 nitrogen and oxygen atoms in total. The van der Waals surface area contributed by atoms with Crippen molar-refractivity contribution in [3.05, 3.63) is 70.3 Å². The molecule has 3 aromatic carbocycles. The maximum absolute atomic E-state index is 11.9. The molecule has 0 aliphatic carbocycles. The molecule has 0 saturated heterocycles. The number of rotatable bonds is 17. The minimum atomic E-state index is -1.03. The van der Waals surface area contributed by atoms with Crippen LogP contribution in [0.1, 0.15) is 83.9 Å². The summed E-state index contributed by atoms with van der Waals surface area (Å²) in [5.41, 5.74) is 2.32. The number of benzene rings is 3. The van der Waals surface area contributed by atoms with E-state index in [0.29, 0.717) is 67.3 Å². The second-order valence-electron chi connectivity index (χ2n) is 10.8. The number of phenols is 3. The van der Waals surface area contributed by atoms with Crippen LogP contribution in [0, 0.1) is 0 Å². The first-order valence-corrected chi connectivity index (χ1v) is 16.1. The summed E-state index contributed by atoms with van der Waals surface area (Å²) < 4.78 is 17.2. The van der Waals surface area contributed by atoms with Crippen LogP contribution >= 0.6 is 0 Å². The first kappa shape index (κ1) is 39.1. The Morgan fingerprint density at radius 2 is 1.08 bits per heavy atom. The van der Waals surface area contributed by atoms with Crippen molar-refractivity contribution < 1.29 is 49.0 Å². The van der Waals surface area contributed by atoms with Crippen molar-refractivity contribution in [3.63, 3.8) is 0 Å². The summed E-state index contributed by atoms with van der Waals surface area (Å²) in [5, 5.41) is 43.6. The Hall–Kier alpha value is -5.13. The molecular formula is C36H48N2O10. The molecule has 0 bridgehead atoms. The van der Waals surface area contributed by atoms with E-state index >= 15 is 0 Å². The number of aromatic hydroxyl groups is 3. The maximum atomic E-state index is 11.9. The molecule has 0 aliphatic heterocycles. The van der Waals surface area contributed by atoms with E-state index < -0.39 is 12.6 Å². The van der Waals surface area contributed by atoms with Crippen molar-refractivity contribution >= 4 is 17.8 Å². The molecule has 0 radical (unpaired) electrons. The van der Waals surface area contributed by atoms with Crippen LogP contribution in [0.5, 0.6) is 34.5 Å². The molecule has 3 aromatic rings. The zero-order valence-electron chi connectivity index (χ0n) is 28.4.